The highest BCUT2D eigenvalue weighted by Crippen LogP contribution is 2.24. The Labute approximate surface area is 109 Å². The second-order valence-corrected chi connectivity index (χ2v) is 5.02. The van der Waals surface area contributed by atoms with E-state index < -0.39 is 4.92 Å². The number of piperidine rings is 1. The summed E-state index contributed by atoms with van der Waals surface area (Å²) in [5, 5.41) is 17.4. The Morgan fingerprint density at radius 3 is 3.06 bits per heavy atom. The lowest BCUT2D eigenvalue weighted by atomic mass is 10.1. The van der Waals surface area contributed by atoms with Gasteiger partial charge >= 0.3 is 5.00 Å². The maximum absolute atomic E-state index is 10.5. The molecule has 1 aromatic rings. The molecule has 7 nitrogen and oxygen atoms in total. The first-order chi connectivity index (χ1) is 8.75. The molecule has 0 unspecified atom stereocenters. The molecule has 0 aromatic carbocycles. The first-order valence-electron chi connectivity index (χ1n) is 5.92. The fourth-order valence-electron chi connectivity index (χ4n) is 1.78. The van der Waals surface area contributed by atoms with Gasteiger partial charge in [0.1, 0.15) is 6.20 Å². The molecular formula is C10H16N4O3S. The molecule has 1 aliphatic heterocycles. The van der Waals surface area contributed by atoms with E-state index in [2.05, 4.69) is 15.6 Å². The molecule has 18 heavy (non-hydrogen) atoms. The van der Waals surface area contributed by atoms with Crippen LogP contribution in [0.1, 0.15) is 12.8 Å². The largest absolute Gasteiger partial charge is 0.376 e. The maximum atomic E-state index is 10.5. The number of ether oxygens (including phenoxy) is 1. The van der Waals surface area contributed by atoms with Crippen LogP contribution in [0.5, 0.6) is 0 Å². The van der Waals surface area contributed by atoms with Crippen molar-refractivity contribution in [1.29, 1.82) is 0 Å². The molecule has 8 heteroatoms. The molecule has 100 valence electrons. The number of aromatic nitrogens is 1. The van der Waals surface area contributed by atoms with Gasteiger partial charge in [-0.15, -0.1) is 0 Å². The van der Waals surface area contributed by atoms with E-state index in [1.54, 1.807) is 0 Å². The zero-order chi connectivity index (χ0) is 12.8. The zero-order valence-corrected chi connectivity index (χ0v) is 10.7. The molecular weight excluding hydrogens is 256 g/mol. The fourth-order valence-corrected chi connectivity index (χ4v) is 2.44. The lowest BCUT2D eigenvalue weighted by Crippen LogP contribution is -2.33. The molecule has 1 aliphatic rings. The van der Waals surface area contributed by atoms with Gasteiger partial charge in [-0.05, 0) is 37.3 Å². The van der Waals surface area contributed by atoms with E-state index in [-0.39, 0.29) is 5.00 Å². The Kier molecular flexibility index (Phi) is 4.85. The molecule has 1 saturated heterocycles. The maximum Gasteiger partial charge on any atom is 0.345 e. The summed E-state index contributed by atoms with van der Waals surface area (Å²) in [4.78, 5) is 14.0. The van der Waals surface area contributed by atoms with Gasteiger partial charge in [0.05, 0.1) is 17.6 Å². The minimum Gasteiger partial charge on any atom is -0.376 e. The van der Waals surface area contributed by atoms with Gasteiger partial charge in [-0.3, -0.25) is 10.1 Å². The summed E-state index contributed by atoms with van der Waals surface area (Å²) in [5.41, 5.74) is 0. The molecule has 0 atom stereocenters. The molecule has 2 N–H and O–H groups in total. The predicted molar refractivity (Wildman–Crippen MR) is 69.1 cm³/mol. The summed E-state index contributed by atoms with van der Waals surface area (Å²) >= 11 is 1.04. The average molecular weight is 272 g/mol. The SMILES string of the molecule is O=[N+]([O-])c1cnc(NCCOC2CCNCC2)s1. The number of rotatable bonds is 6. The van der Waals surface area contributed by atoms with Gasteiger partial charge in [0.2, 0.25) is 0 Å². The number of anilines is 1. The van der Waals surface area contributed by atoms with Crippen LogP contribution in [0.3, 0.4) is 0 Å². The van der Waals surface area contributed by atoms with Gasteiger partial charge in [0, 0.05) is 6.54 Å². The number of thiazole rings is 1. The molecule has 2 rings (SSSR count). The highest BCUT2D eigenvalue weighted by atomic mass is 32.1. The summed E-state index contributed by atoms with van der Waals surface area (Å²) < 4.78 is 5.70. The Morgan fingerprint density at radius 1 is 1.61 bits per heavy atom. The topological polar surface area (TPSA) is 89.3 Å². The van der Waals surface area contributed by atoms with Gasteiger partial charge in [0.15, 0.2) is 5.13 Å². The van der Waals surface area contributed by atoms with Gasteiger partial charge < -0.3 is 15.4 Å². The quantitative estimate of drug-likeness (QED) is 0.460. The molecule has 0 spiro atoms. The van der Waals surface area contributed by atoms with Crippen molar-refractivity contribution in [3.63, 3.8) is 0 Å². The molecule has 0 saturated carbocycles. The first-order valence-corrected chi connectivity index (χ1v) is 6.74. The number of nitrogens with zero attached hydrogens (tertiary/aromatic N) is 2. The van der Waals surface area contributed by atoms with E-state index in [4.69, 9.17) is 4.74 Å². The van der Waals surface area contributed by atoms with Crippen LogP contribution in [0.25, 0.3) is 0 Å². The highest BCUT2D eigenvalue weighted by molar-refractivity contribution is 7.18. The Morgan fingerprint density at radius 2 is 2.39 bits per heavy atom. The van der Waals surface area contributed by atoms with Crippen molar-refractivity contribution in [3.8, 4) is 0 Å². The van der Waals surface area contributed by atoms with E-state index in [0.29, 0.717) is 24.4 Å². The lowest BCUT2D eigenvalue weighted by molar-refractivity contribution is -0.380. The van der Waals surface area contributed by atoms with Crippen molar-refractivity contribution >= 4 is 21.5 Å². The van der Waals surface area contributed by atoms with Gasteiger partial charge in [-0.1, -0.05) is 0 Å². The average Bonchev–Trinajstić information content (AvgIpc) is 2.85. The Balaban J connectivity index is 1.63. The summed E-state index contributed by atoms with van der Waals surface area (Å²) in [6, 6.07) is 0. The van der Waals surface area contributed by atoms with Gasteiger partial charge in [0.25, 0.3) is 0 Å². The van der Waals surface area contributed by atoms with Crippen molar-refractivity contribution in [2.45, 2.75) is 18.9 Å². The molecule has 0 aliphatic carbocycles. The molecule has 0 amide bonds. The van der Waals surface area contributed by atoms with E-state index in [1.807, 2.05) is 0 Å². The summed E-state index contributed by atoms with van der Waals surface area (Å²) in [5.74, 6) is 0. The number of hydrogen-bond acceptors (Lipinski definition) is 7. The fraction of sp³-hybridized carbons (Fsp3) is 0.700. The van der Waals surface area contributed by atoms with Crippen LogP contribution in [-0.2, 0) is 4.74 Å². The smallest absolute Gasteiger partial charge is 0.345 e. The second kappa shape index (κ2) is 6.62. The van der Waals surface area contributed by atoms with Crippen LogP contribution < -0.4 is 10.6 Å². The number of nitrogens with one attached hydrogen (secondary N) is 2. The normalized spacial score (nSPS) is 16.7. The van der Waals surface area contributed by atoms with Crippen molar-refractivity contribution in [3.05, 3.63) is 16.3 Å². The zero-order valence-electron chi connectivity index (χ0n) is 9.92. The molecule has 1 aromatic heterocycles. The minimum atomic E-state index is -0.436. The van der Waals surface area contributed by atoms with Crippen LogP contribution in [0.2, 0.25) is 0 Å². The van der Waals surface area contributed by atoms with E-state index >= 15 is 0 Å². The first kappa shape index (κ1) is 13.2. The second-order valence-electron chi connectivity index (χ2n) is 4.01. The third-order valence-corrected chi connectivity index (χ3v) is 3.60. The summed E-state index contributed by atoms with van der Waals surface area (Å²) in [6.45, 7) is 3.24. The van der Waals surface area contributed by atoms with Crippen LogP contribution in [0.4, 0.5) is 10.1 Å². The molecule has 2 heterocycles. The van der Waals surface area contributed by atoms with Crippen LogP contribution in [0.15, 0.2) is 6.20 Å². The highest BCUT2D eigenvalue weighted by Gasteiger charge is 2.13. The number of hydrogen-bond donors (Lipinski definition) is 2. The van der Waals surface area contributed by atoms with E-state index in [9.17, 15) is 10.1 Å². The van der Waals surface area contributed by atoms with E-state index in [0.717, 1.165) is 37.3 Å². The number of nitro groups is 1. The molecule has 0 bridgehead atoms. The van der Waals surface area contributed by atoms with Crippen LogP contribution in [-0.4, -0.2) is 42.3 Å². The summed E-state index contributed by atoms with van der Waals surface area (Å²) in [7, 11) is 0. The standard InChI is InChI=1S/C10H16N4O3S/c15-14(16)9-7-13-10(18-9)12-5-6-17-8-1-3-11-4-2-8/h7-8,11H,1-6H2,(H,12,13). The summed E-state index contributed by atoms with van der Waals surface area (Å²) in [6.07, 6.45) is 3.69. The van der Waals surface area contributed by atoms with Crippen LogP contribution in [0, 0.1) is 10.1 Å². The molecule has 1 fully saturated rings. The van der Waals surface area contributed by atoms with Crippen molar-refractivity contribution < 1.29 is 9.66 Å². The molecule has 0 radical (unpaired) electrons. The van der Waals surface area contributed by atoms with Crippen LogP contribution >= 0.6 is 11.3 Å². The third-order valence-electron chi connectivity index (χ3n) is 2.69. The Hall–Kier alpha value is -1.25. The minimum absolute atomic E-state index is 0.0526. The van der Waals surface area contributed by atoms with Gasteiger partial charge in [-0.2, -0.15) is 0 Å². The van der Waals surface area contributed by atoms with Crippen molar-refractivity contribution in [2.24, 2.45) is 0 Å². The van der Waals surface area contributed by atoms with E-state index in [1.165, 1.54) is 6.20 Å². The van der Waals surface area contributed by atoms with Crippen molar-refractivity contribution in [2.75, 3.05) is 31.6 Å². The van der Waals surface area contributed by atoms with Gasteiger partial charge in [-0.25, -0.2) is 4.98 Å². The lowest BCUT2D eigenvalue weighted by Gasteiger charge is -2.22. The Bertz CT molecular complexity index is 392. The monoisotopic (exact) mass is 272 g/mol. The predicted octanol–water partition coefficient (Wildman–Crippen LogP) is 1.23. The third kappa shape index (κ3) is 3.90. The van der Waals surface area contributed by atoms with Crippen molar-refractivity contribution in [1.82, 2.24) is 10.3 Å².